The van der Waals surface area contributed by atoms with Crippen LogP contribution < -0.4 is 15.4 Å². The number of benzene rings is 2. The molecule has 168 valence electrons. The van der Waals surface area contributed by atoms with Crippen LogP contribution in [0.15, 0.2) is 64.5 Å². The van der Waals surface area contributed by atoms with Crippen molar-refractivity contribution in [1.82, 2.24) is 15.5 Å². The molecule has 0 fully saturated rings. The number of nitrogens with one attached hydrogen (secondary N) is 2. The van der Waals surface area contributed by atoms with Gasteiger partial charge in [0.25, 0.3) is 0 Å². The van der Waals surface area contributed by atoms with Gasteiger partial charge in [0.2, 0.25) is 5.91 Å². The molecule has 0 aliphatic carbocycles. The zero-order valence-corrected chi connectivity index (χ0v) is 19.3. The van der Waals surface area contributed by atoms with Crippen LogP contribution in [0.3, 0.4) is 0 Å². The predicted molar refractivity (Wildman–Crippen MR) is 127 cm³/mol. The number of carbonyl (C=O) groups excluding carboxylic acids is 1. The van der Waals surface area contributed by atoms with Crippen LogP contribution >= 0.6 is 11.8 Å². The lowest BCUT2D eigenvalue weighted by molar-refractivity contribution is -0.127. The van der Waals surface area contributed by atoms with Gasteiger partial charge < -0.3 is 25.0 Å². The van der Waals surface area contributed by atoms with Gasteiger partial charge in [-0.15, -0.1) is 11.8 Å². The van der Waals surface area contributed by atoms with Gasteiger partial charge in [-0.1, -0.05) is 30.3 Å². The number of hydrogen-bond donors (Lipinski definition) is 2. The summed E-state index contributed by atoms with van der Waals surface area (Å²) in [4.78, 5) is 19.0. The highest BCUT2D eigenvalue weighted by atomic mass is 32.2. The summed E-state index contributed by atoms with van der Waals surface area (Å²) < 4.78 is 10.9. The number of guanidine groups is 1. The smallest absolute Gasteiger partial charge is 0.243 e. The third-order valence-electron chi connectivity index (χ3n) is 4.24. The van der Waals surface area contributed by atoms with Crippen LogP contribution in [0.25, 0.3) is 0 Å². The third kappa shape index (κ3) is 10.2. The Morgan fingerprint density at radius 1 is 1.03 bits per heavy atom. The van der Waals surface area contributed by atoms with Crippen LogP contribution in [-0.2, 0) is 16.1 Å². The monoisotopic (exact) mass is 444 g/mol. The van der Waals surface area contributed by atoms with Gasteiger partial charge in [0.05, 0.1) is 20.3 Å². The average molecular weight is 445 g/mol. The zero-order chi connectivity index (χ0) is 22.3. The summed E-state index contributed by atoms with van der Waals surface area (Å²) >= 11 is 1.77. The molecule has 8 heteroatoms. The molecule has 0 saturated carbocycles. The maximum Gasteiger partial charge on any atom is 0.243 e. The van der Waals surface area contributed by atoms with Crippen molar-refractivity contribution in [2.24, 2.45) is 4.99 Å². The van der Waals surface area contributed by atoms with Gasteiger partial charge in [0.1, 0.15) is 12.3 Å². The molecule has 31 heavy (non-hydrogen) atoms. The Bertz CT molecular complexity index is 798. The van der Waals surface area contributed by atoms with Gasteiger partial charge in [-0.25, -0.2) is 4.99 Å². The highest BCUT2D eigenvalue weighted by molar-refractivity contribution is 7.99. The number of methoxy groups -OCH3 is 1. The number of carbonyl (C=O) groups is 1. The molecule has 0 aliphatic rings. The molecule has 0 unspecified atom stereocenters. The van der Waals surface area contributed by atoms with Gasteiger partial charge in [-0.05, 0) is 29.8 Å². The molecule has 7 nitrogen and oxygen atoms in total. The molecule has 0 aliphatic heterocycles. The van der Waals surface area contributed by atoms with Gasteiger partial charge in [-0.2, -0.15) is 0 Å². The van der Waals surface area contributed by atoms with Crippen LogP contribution in [0.1, 0.15) is 5.56 Å². The van der Waals surface area contributed by atoms with Gasteiger partial charge in [-0.3, -0.25) is 4.79 Å². The first kappa shape index (κ1) is 24.6. The Kier molecular flexibility index (Phi) is 11.3. The van der Waals surface area contributed by atoms with E-state index in [-0.39, 0.29) is 12.5 Å². The van der Waals surface area contributed by atoms with Crippen molar-refractivity contribution >= 4 is 23.6 Å². The molecule has 2 N–H and O–H groups in total. The fourth-order valence-electron chi connectivity index (χ4n) is 2.47. The second kappa shape index (κ2) is 14.3. The van der Waals surface area contributed by atoms with E-state index in [2.05, 4.69) is 27.8 Å². The van der Waals surface area contributed by atoms with E-state index in [1.165, 1.54) is 9.80 Å². The SMILES string of the molecule is COc1ccc(COCCNC(=NCC(=O)N(C)C)NCCSc2ccccc2)cc1. The van der Waals surface area contributed by atoms with Crippen molar-refractivity contribution in [3.8, 4) is 5.75 Å². The first-order valence-corrected chi connectivity index (χ1v) is 11.2. The van der Waals surface area contributed by atoms with Gasteiger partial charge in [0.15, 0.2) is 5.96 Å². The lowest BCUT2D eigenvalue weighted by Gasteiger charge is -2.14. The van der Waals surface area contributed by atoms with Gasteiger partial charge in [0, 0.05) is 37.8 Å². The van der Waals surface area contributed by atoms with Crippen LogP contribution in [0.2, 0.25) is 0 Å². The van der Waals surface area contributed by atoms with Gasteiger partial charge >= 0.3 is 0 Å². The number of ether oxygens (including phenoxy) is 2. The normalized spacial score (nSPS) is 11.1. The highest BCUT2D eigenvalue weighted by Crippen LogP contribution is 2.15. The molecular weight excluding hydrogens is 412 g/mol. The van der Waals surface area contributed by atoms with E-state index in [0.717, 1.165) is 23.6 Å². The van der Waals surface area contributed by atoms with E-state index in [1.54, 1.807) is 33.0 Å². The molecule has 1 amide bonds. The van der Waals surface area contributed by atoms with E-state index in [9.17, 15) is 4.79 Å². The maximum absolute atomic E-state index is 11.9. The molecule has 0 atom stereocenters. The molecule has 0 heterocycles. The summed E-state index contributed by atoms with van der Waals surface area (Å²) in [6.07, 6.45) is 0. The molecule has 0 bridgehead atoms. The minimum Gasteiger partial charge on any atom is -0.497 e. The standard InChI is InChI=1S/C23H32N4O3S/c1-27(2)22(28)17-26-23(25-14-16-31-21-7-5-4-6-8-21)24-13-15-30-18-19-9-11-20(29-3)12-10-19/h4-12H,13-18H2,1-3H3,(H2,24,25,26). The van der Waals surface area contributed by atoms with E-state index in [1.807, 2.05) is 42.5 Å². The topological polar surface area (TPSA) is 75.2 Å². The predicted octanol–water partition coefficient (Wildman–Crippen LogP) is 2.63. The summed E-state index contributed by atoms with van der Waals surface area (Å²) in [5.41, 5.74) is 1.09. The fraction of sp³-hybridized carbons (Fsp3) is 0.391. The molecule has 0 saturated heterocycles. The quantitative estimate of drug-likeness (QED) is 0.227. The van der Waals surface area contributed by atoms with Crippen molar-refractivity contribution in [2.45, 2.75) is 11.5 Å². The Balaban J connectivity index is 1.73. The number of aliphatic imine (C=N–C) groups is 1. The van der Waals surface area contributed by atoms with Crippen LogP contribution in [0, 0.1) is 0 Å². The fourth-order valence-corrected chi connectivity index (χ4v) is 3.26. The van der Waals surface area contributed by atoms with Crippen LogP contribution in [-0.4, -0.2) is 70.0 Å². The summed E-state index contributed by atoms with van der Waals surface area (Å²) in [6, 6.07) is 18.1. The maximum atomic E-state index is 11.9. The lowest BCUT2D eigenvalue weighted by atomic mass is 10.2. The summed E-state index contributed by atoms with van der Waals surface area (Å²) in [5, 5.41) is 6.51. The Hall–Kier alpha value is -2.71. The molecule has 0 radical (unpaired) electrons. The highest BCUT2D eigenvalue weighted by Gasteiger charge is 2.05. The second-order valence-electron chi connectivity index (χ2n) is 6.87. The van der Waals surface area contributed by atoms with Crippen molar-refractivity contribution in [3.63, 3.8) is 0 Å². The second-order valence-corrected chi connectivity index (χ2v) is 8.04. The van der Waals surface area contributed by atoms with Crippen LogP contribution in [0.5, 0.6) is 5.75 Å². The number of nitrogens with zero attached hydrogens (tertiary/aromatic N) is 2. The summed E-state index contributed by atoms with van der Waals surface area (Å²) in [7, 11) is 5.10. The lowest BCUT2D eigenvalue weighted by Crippen LogP contribution is -2.41. The van der Waals surface area contributed by atoms with E-state index >= 15 is 0 Å². The third-order valence-corrected chi connectivity index (χ3v) is 5.26. The van der Waals surface area contributed by atoms with E-state index in [0.29, 0.717) is 25.7 Å². The minimum atomic E-state index is -0.0458. The van der Waals surface area contributed by atoms with Crippen molar-refractivity contribution in [2.75, 3.05) is 53.2 Å². The molecule has 2 aromatic rings. The minimum absolute atomic E-state index is 0.0458. The zero-order valence-electron chi connectivity index (χ0n) is 18.5. The average Bonchev–Trinajstić information content (AvgIpc) is 2.80. The molecule has 2 aromatic carbocycles. The Morgan fingerprint density at radius 2 is 1.74 bits per heavy atom. The number of likely N-dealkylation sites (N-methyl/N-ethyl adjacent to an activating group) is 1. The van der Waals surface area contributed by atoms with E-state index < -0.39 is 0 Å². The van der Waals surface area contributed by atoms with E-state index in [4.69, 9.17) is 9.47 Å². The first-order valence-electron chi connectivity index (χ1n) is 10.2. The molecular formula is C23H32N4O3S. The largest absolute Gasteiger partial charge is 0.497 e. The number of rotatable bonds is 12. The number of thioether (sulfide) groups is 1. The summed E-state index contributed by atoms with van der Waals surface area (Å²) in [5.74, 6) is 2.28. The Labute approximate surface area is 189 Å². The molecule has 2 rings (SSSR count). The Morgan fingerprint density at radius 3 is 2.42 bits per heavy atom. The van der Waals surface area contributed by atoms with Crippen molar-refractivity contribution in [1.29, 1.82) is 0 Å². The molecule has 0 aromatic heterocycles. The number of hydrogen-bond acceptors (Lipinski definition) is 5. The number of amides is 1. The van der Waals surface area contributed by atoms with Crippen LogP contribution in [0.4, 0.5) is 0 Å². The summed E-state index contributed by atoms with van der Waals surface area (Å²) in [6.45, 7) is 2.46. The first-order chi connectivity index (χ1) is 15.1. The van der Waals surface area contributed by atoms with Crippen molar-refractivity contribution in [3.05, 3.63) is 60.2 Å². The van der Waals surface area contributed by atoms with Crippen molar-refractivity contribution < 1.29 is 14.3 Å². The molecule has 0 spiro atoms.